The third-order valence-electron chi connectivity index (χ3n) is 9.09. The van der Waals surface area contributed by atoms with Crippen LogP contribution >= 0.6 is 0 Å². The second kappa shape index (κ2) is 8.57. The Labute approximate surface area is 202 Å². The minimum absolute atomic E-state index is 0.177. The van der Waals surface area contributed by atoms with Crippen molar-refractivity contribution in [3.63, 3.8) is 0 Å². The molecule has 3 heterocycles. The zero-order valence-electron chi connectivity index (χ0n) is 20.1. The summed E-state index contributed by atoms with van der Waals surface area (Å²) in [5.74, 6) is 3.25. The van der Waals surface area contributed by atoms with Crippen LogP contribution < -0.4 is 5.01 Å². The predicted octanol–water partition coefficient (Wildman–Crippen LogP) is 3.11. The summed E-state index contributed by atoms with van der Waals surface area (Å²) < 4.78 is 0. The van der Waals surface area contributed by atoms with E-state index in [-0.39, 0.29) is 12.0 Å². The van der Waals surface area contributed by atoms with E-state index in [4.69, 9.17) is 5.10 Å². The van der Waals surface area contributed by atoms with E-state index in [1.54, 1.807) is 0 Å². The van der Waals surface area contributed by atoms with Crippen molar-refractivity contribution in [1.29, 1.82) is 5.26 Å². The minimum Gasteiger partial charge on any atom is -0.393 e. The average Bonchev–Trinajstić information content (AvgIpc) is 3.34. The molecule has 5 aliphatic rings. The molecule has 2 saturated carbocycles. The smallest absolute Gasteiger partial charge is 0.226 e. The van der Waals surface area contributed by atoms with Gasteiger partial charge in [0.2, 0.25) is 5.91 Å². The number of hydrogen-bond acceptors (Lipinski definition) is 6. The summed E-state index contributed by atoms with van der Waals surface area (Å²) in [5, 5.41) is 26.5. The molecule has 0 aromatic heterocycles. The SMILES string of the molecule is Cc1cc(N2N=C(N3C[C@@H]4C(C(=O)N5CCC(O)CC5)[C@@H]4C3)CC2C2CCCC2)ccc1C#N. The molecule has 3 aliphatic heterocycles. The first-order valence-corrected chi connectivity index (χ1v) is 13.1. The number of hydrogen-bond donors (Lipinski definition) is 1. The maximum Gasteiger partial charge on any atom is 0.226 e. The van der Waals surface area contributed by atoms with Gasteiger partial charge in [0.25, 0.3) is 0 Å². The molecular weight excluding hydrogens is 426 g/mol. The first-order valence-electron chi connectivity index (χ1n) is 13.1. The number of aliphatic hydroxyl groups is 1. The second-order valence-corrected chi connectivity index (χ2v) is 11.1. The molecule has 1 aromatic rings. The number of nitrogens with zero attached hydrogens (tertiary/aromatic N) is 5. The molecular formula is C27H35N5O2. The monoisotopic (exact) mass is 461 g/mol. The van der Waals surface area contributed by atoms with E-state index in [9.17, 15) is 15.2 Å². The van der Waals surface area contributed by atoms with Crippen LogP contribution in [0.15, 0.2) is 23.3 Å². The molecule has 34 heavy (non-hydrogen) atoms. The Kier molecular flexibility index (Phi) is 5.52. The summed E-state index contributed by atoms with van der Waals surface area (Å²) in [7, 11) is 0. The van der Waals surface area contributed by atoms with Crippen molar-refractivity contribution in [3.8, 4) is 6.07 Å². The third kappa shape index (κ3) is 3.76. The Morgan fingerprint density at radius 1 is 1.12 bits per heavy atom. The molecule has 2 unspecified atom stereocenters. The molecule has 0 radical (unpaired) electrons. The molecule has 180 valence electrons. The van der Waals surface area contributed by atoms with E-state index in [1.807, 2.05) is 24.0 Å². The number of rotatable bonds is 3. The van der Waals surface area contributed by atoms with Crippen LogP contribution in [0.25, 0.3) is 0 Å². The van der Waals surface area contributed by atoms with Gasteiger partial charge in [0.05, 0.1) is 29.5 Å². The molecule has 1 amide bonds. The lowest BCUT2D eigenvalue weighted by Crippen LogP contribution is -2.42. The number of benzene rings is 1. The largest absolute Gasteiger partial charge is 0.393 e. The first kappa shape index (κ1) is 21.9. The summed E-state index contributed by atoms with van der Waals surface area (Å²) >= 11 is 0. The van der Waals surface area contributed by atoms with Crippen molar-refractivity contribution in [3.05, 3.63) is 29.3 Å². The molecule has 1 N–H and O–H groups in total. The van der Waals surface area contributed by atoms with Crippen molar-refractivity contribution in [1.82, 2.24) is 9.80 Å². The van der Waals surface area contributed by atoms with Crippen LogP contribution in [0.1, 0.15) is 56.1 Å². The summed E-state index contributed by atoms with van der Waals surface area (Å²) in [5.41, 5.74) is 2.82. The summed E-state index contributed by atoms with van der Waals surface area (Å²) in [6, 6.07) is 8.74. The number of likely N-dealkylation sites (tertiary alicyclic amines) is 2. The lowest BCUT2D eigenvalue weighted by Gasteiger charge is -2.31. The van der Waals surface area contributed by atoms with Crippen molar-refractivity contribution >= 4 is 17.4 Å². The fraction of sp³-hybridized carbons (Fsp3) is 0.667. The van der Waals surface area contributed by atoms with Crippen LogP contribution in [-0.2, 0) is 4.79 Å². The van der Waals surface area contributed by atoms with Crippen molar-refractivity contribution in [2.45, 2.75) is 64.0 Å². The normalized spacial score (nSPS) is 31.6. The van der Waals surface area contributed by atoms with E-state index in [0.717, 1.165) is 36.3 Å². The van der Waals surface area contributed by atoms with E-state index >= 15 is 0 Å². The Balaban J connectivity index is 1.15. The standard InChI is InChI=1S/C27H35N5O2/c1-17-12-20(7-6-19(17)14-28)32-24(18-4-2-3-5-18)13-25(29-32)31-15-22-23(16-31)26(22)27(34)30-10-8-21(33)9-11-30/h6-7,12,18,21-24,26,33H,2-5,8-11,13,15-16H2,1H3/t22-,23+,24?,26?. The van der Waals surface area contributed by atoms with E-state index in [0.29, 0.717) is 55.6 Å². The van der Waals surface area contributed by atoms with Gasteiger partial charge in [-0.1, -0.05) is 12.8 Å². The summed E-state index contributed by atoms with van der Waals surface area (Å²) in [6.07, 6.45) is 7.31. The highest BCUT2D eigenvalue weighted by atomic mass is 16.3. The van der Waals surface area contributed by atoms with Gasteiger partial charge < -0.3 is 14.9 Å². The van der Waals surface area contributed by atoms with Gasteiger partial charge in [-0.2, -0.15) is 10.4 Å². The molecule has 6 rings (SSSR count). The predicted molar refractivity (Wildman–Crippen MR) is 130 cm³/mol. The van der Waals surface area contributed by atoms with Gasteiger partial charge in [0.15, 0.2) is 0 Å². The highest BCUT2D eigenvalue weighted by Gasteiger charge is 2.61. The number of carbonyl (C=O) groups excluding carboxylic acids is 1. The molecule has 2 saturated heterocycles. The number of fused-ring (bicyclic) bond motifs is 1. The number of amidine groups is 1. The fourth-order valence-corrected chi connectivity index (χ4v) is 6.98. The number of piperidine rings is 2. The van der Waals surface area contributed by atoms with Crippen LogP contribution in [0.3, 0.4) is 0 Å². The molecule has 0 spiro atoms. The van der Waals surface area contributed by atoms with Crippen LogP contribution in [0, 0.1) is 41.9 Å². The molecule has 4 atom stereocenters. The van der Waals surface area contributed by atoms with Gasteiger partial charge in [-0.15, -0.1) is 0 Å². The van der Waals surface area contributed by atoms with Crippen molar-refractivity contribution in [2.75, 3.05) is 31.2 Å². The first-order chi connectivity index (χ1) is 16.5. The Morgan fingerprint density at radius 3 is 2.47 bits per heavy atom. The molecule has 7 nitrogen and oxygen atoms in total. The summed E-state index contributed by atoms with van der Waals surface area (Å²) in [4.78, 5) is 17.4. The van der Waals surface area contributed by atoms with Crippen LogP contribution in [0.5, 0.6) is 0 Å². The van der Waals surface area contributed by atoms with Gasteiger partial charge in [-0.25, -0.2) is 0 Å². The number of nitriles is 1. The van der Waals surface area contributed by atoms with Crippen LogP contribution in [0.2, 0.25) is 0 Å². The van der Waals surface area contributed by atoms with Crippen LogP contribution in [-0.4, -0.2) is 65.0 Å². The van der Waals surface area contributed by atoms with Crippen molar-refractivity contribution < 1.29 is 9.90 Å². The maximum atomic E-state index is 13.0. The van der Waals surface area contributed by atoms with Crippen LogP contribution in [0.4, 0.5) is 5.69 Å². The van der Waals surface area contributed by atoms with Gasteiger partial charge in [-0.05, 0) is 74.1 Å². The lowest BCUT2D eigenvalue weighted by atomic mass is 9.94. The molecule has 7 heteroatoms. The zero-order valence-corrected chi connectivity index (χ0v) is 20.1. The average molecular weight is 462 g/mol. The van der Waals surface area contributed by atoms with E-state index < -0.39 is 0 Å². The second-order valence-electron chi connectivity index (χ2n) is 11.1. The molecule has 4 fully saturated rings. The minimum atomic E-state index is -0.241. The number of amides is 1. The molecule has 1 aromatic carbocycles. The van der Waals surface area contributed by atoms with E-state index in [2.05, 4.69) is 22.0 Å². The number of carbonyl (C=O) groups is 1. The highest BCUT2D eigenvalue weighted by molar-refractivity contribution is 5.89. The van der Waals surface area contributed by atoms with Crippen molar-refractivity contribution in [2.24, 2.45) is 28.8 Å². The molecule has 0 bridgehead atoms. The van der Waals surface area contributed by atoms with Gasteiger partial charge in [0.1, 0.15) is 5.84 Å². The van der Waals surface area contributed by atoms with E-state index in [1.165, 1.54) is 31.5 Å². The number of aryl methyl sites for hydroxylation is 1. The number of aliphatic hydroxyl groups excluding tert-OH is 1. The molecule has 2 aliphatic carbocycles. The zero-order chi connectivity index (χ0) is 23.4. The Hall–Kier alpha value is -2.59. The number of hydrazone groups is 1. The quantitative estimate of drug-likeness (QED) is 0.748. The lowest BCUT2D eigenvalue weighted by molar-refractivity contribution is -0.135. The van der Waals surface area contributed by atoms with Gasteiger partial charge in [0, 0.05) is 38.5 Å². The number of anilines is 1. The summed E-state index contributed by atoms with van der Waals surface area (Å²) in [6.45, 7) is 5.28. The Bertz CT molecular complexity index is 1020. The van der Waals surface area contributed by atoms with Gasteiger partial charge in [-0.3, -0.25) is 9.80 Å². The fourth-order valence-electron chi connectivity index (χ4n) is 6.98. The highest BCUT2D eigenvalue weighted by Crippen LogP contribution is 2.53. The Morgan fingerprint density at radius 2 is 1.82 bits per heavy atom. The third-order valence-corrected chi connectivity index (χ3v) is 9.09. The maximum absolute atomic E-state index is 13.0. The van der Waals surface area contributed by atoms with Gasteiger partial charge >= 0.3 is 0 Å². The topological polar surface area (TPSA) is 83.2 Å².